The Morgan fingerprint density at radius 3 is 2.63 bits per heavy atom. The first kappa shape index (κ1) is 18.9. The fourth-order valence-electron chi connectivity index (χ4n) is 4.26. The van der Waals surface area contributed by atoms with E-state index in [1.54, 1.807) is 12.1 Å². The molecule has 0 bridgehead atoms. The third-order valence-electron chi connectivity index (χ3n) is 5.74. The smallest absolute Gasteiger partial charge is 0.231 e. The zero-order valence-electron chi connectivity index (χ0n) is 15.1. The molecule has 3 nitrogen and oxygen atoms in total. The molecule has 2 aromatic rings. The second-order valence-corrected chi connectivity index (χ2v) is 8.67. The monoisotopic (exact) mass is 450 g/mol. The van der Waals surface area contributed by atoms with E-state index in [1.807, 2.05) is 30.0 Å². The van der Waals surface area contributed by atoms with E-state index in [2.05, 4.69) is 20.8 Å². The molecule has 2 aliphatic heterocycles. The predicted octanol–water partition coefficient (Wildman–Crippen LogP) is 5.36. The number of anilines is 1. The van der Waals surface area contributed by atoms with E-state index in [0.29, 0.717) is 17.0 Å². The Kier molecular flexibility index (Phi) is 5.28. The van der Waals surface area contributed by atoms with E-state index < -0.39 is 0 Å². The lowest BCUT2D eigenvalue weighted by Gasteiger charge is -2.39. The maximum atomic E-state index is 14.3. The first-order valence-electron chi connectivity index (χ1n) is 9.23. The molecule has 0 saturated carbocycles. The number of rotatable bonds is 3. The van der Waals surface area contributed by atoms with Crippen molar-refractivity contribution in [2.45, 2.75) is 38.3 Å². The van der Waals surface area contributed by atoms with Crippen LogP contribution >= 0.6 is 27.5 Å². The van der Waals surface area contributed by atoms with Gasteiger partial charge in [0.2, 0.25) is 5.91 Å². The Hall–Kier alpha value is -1.43. The van der Waals surface area contributed by atoms with Crippen LogP contribution in [0.1, 0.15) is 36.9 Å². The molecular formula is C21H21BrClFN2O. The minimum absolute atomic E-state index is 0.0149. The number of hydrogen-bond donors (Lipinski definition) is 0. The summed E-state index contributed by atoms with van der Waals surface area (Å²) in [6.07, 6.45) is 2.25. The van der Waals surface area contributed by atoms with Crippen molar-refractivity contribution in [2.24, 2.45) is 0 Å². The first-order chi connectivity index (χ1) is 12.9. The molecule has 0 aromatic heterocycles. The quantitative estimate of drug-likeness (QED) is 0.627. The van der Waals surface area contributed by atoms with Crippen molar-refractivity contribution in [3.8, 4) is 0 Å². The van der Waals surface area contributed by atoms with Gasteiger partial charge >= 0.3 is 0 Å². The minimum atomic E-state index is -0.259. The number of halogens is 3. The Morgan fingerprint density at radius 1 is 1.19 bits per heavy atom. The Bertz CT molecular complexity index is 882. The van der Waals surface area contributed by atoms with E-state index in [9.17, 15) is 9.18 Å². The molecule has 27 heavy (non-hydrogen) atoms. The average Bonchev–Trinajstić information content (AvgIpc) is 2.96. The number of nitrogens with zero attached hydrogens (tertiary/aromatic N) is 2. The van der Waals surface area contributed by atoms with Gasteiger partial charge in [0.1, 0.15) is 5.82 Å². The van der Waals surface area contributed by atoms with Gasteiger partial charge in [0.05, 0.1) is 6.42 Å². The maximum Gasteiger partial charge on any atom is 0.231 e. The summed E-state index contributed by atoms with van der Waals surface area (Å²) < 4.78 is 15.3. The van der Waals surface area contributed by atoms with Gasteiger partial charge in [-0.3, -0.25) is 9.69 Å². The summed E-state index contributed by atoms with van der Waals surface area (Å²) in [6, 6.07) is 11.1. The lowest BCUT2D eigenvalue weighted by molar-refractivity contribution is -0.118. The lowest BCUT2D eigenvalue weighted by Crippen LogP contribution is -2.47. The van der Waals surface area contributed by atoms with Crippen LogP contribution in [0.25, 0.3) is 0 Å². The van der Waals surface area contributed by atoms with Crippen molar-refractivity contribution in [1.29, 1.82) is 0 Å². The molecule has 0 spiro atoms. The van der Waals surface area contributed by atoms with Crippen molar-refractivity contribution < 1.29 is 9.18 Å². The average molecular weight is 452 g/mol. The van der Waals surface area contributed by atoms with E-state index in [4.69, 9.17) is 11.6 Å². The van der Waals surface area contributed by atoms with Gasteiger partial charge in [0.15, 0.2) is 0 Å². The van der Waals surface area contributed by atoms with Crippen molar-refractivity contribution in [3.63, 3.8) is 0 Å². The summed E-state index contributed by atoms with van der Waals surface area (Å²) in [5.74, 6) is -0.0797. The van der Waals surface area contributed by atoms with Gasteiger partial charge in [-0.2, -0.15) is 0 Å². The molecule has 2 aromatic carbocycles. The summed E-state index contributed by atoms with van der Waals surface area (Å²) in [4.78, 5) is 16.9. The highest BCUT2D eigenvalue weighted by Crippen LogP contribution is 2.36. The van der Waals surface area contributed by atoms with Crippen LogP contribution in [0.3, 0.4) is 0 Å². The van der Waals surface area contributed by atoms with Crippen molar-refractivity contribution in [2.75, 3.05) is 18.0 Å². The van der Waals surface area contributed by atoms with Gasteiger partial charge in [0.25, 0.3) is 0 Å². The topological polar surface area (TPSA) is 23.6 Å². The first-order valence-corrected chi connectivity index (χ1v) is 10.4. The van der Waals surface area contributed by atoms with Crippen molar-refractivity contribution in [3.05, 3.63) is 62.8 Å². The standard InChI is InChI=1S/C21H21BrClFN2O/c1-13(18-5-4-16(23)12-19(18)24)25-8-6-17(7-9-25)26-20-11-15(22)3-2-14(20)10-21(26)27/h2-5,11-13,17H,6-10H2,1H3. The number of piperidine rings is 1. The van der Waals surface area contributed by atoms with Gasteiger partial charge in [-0.05, 0) is 49.6 Å². The summed E-state index contributed by atoms with van der Waals surface area (Å²) in [7, 11) is 0. The van der Waals surface area contributed by atoms with E-state index in [0.717, 1.165) is 41.7 Å². The number of carbonyl (C=O) groups excluding carboxylic acids is 1. The van der Waals surface area contributed by atoms with Crippen LogP contribution in [0.5, 0.6) is 0 Å². The number of benzene rings is 2. The molecule has 1 atom stereocenters. The van der Waals surface area contributed by atoms with Crippen molar-refractivity contribution in [1.82, 2.24) is 4.90 Å². The maximum absolute atomic E-state index is 14.3. The third-order valence-corrected chi connectivity index (χ3v) is 6.47. The molecule has 0 radical (unpaired) electrons. The van der Waals surface area contributed by atoms with E-state index in [1.165, 1.54) is 6.07 Å². The second-order valence-electron chi connectivity index (χ2n) is 7.32. The van der Waals surface area contributed by atoms with Crippen LogP contribution in [0.2, 0.25) is 5.02 Å². The fraction of sp³-hybridized carbons (Fsp3) is 0.381. The molecule has 1 fully saturated rings. The SMILES string of the molecule is CC(c1ccc(Cl)cc1F)N1CCC(N2C(=O)Cc3ccc(Br)cc32)CC1. The van der Waals surface area contributed by atoms with E-state index in [-0.39, 0.29) is 23.8 Å². The predicted molar refractivity (Wildman–Crippen MR) is 110 cm³/mol. The van der Waals surface area contributed by atoms with Crippen LogP contribution in [0.15, 0.2) is 40.9 Å². The largest absolute Gasteiger partial charge is 0.309 e. The summed E-state index contributed by atoms with van der Waals surface area (Å²) in [5, 5.41) is 0.416. The zero-order valence-corrected chi connectivity index (χ0v) is 17.4. The van der Waals surface area contributed by atoms with Gasteiger partial charge in [-0.15, -0.1) is 0 Å². The van der Waals surface area contributed by atoms with Crippen LogP contribution in [-0.4, -0.2) is 29.9 Å². The highest BCUT2D eigenvalue weighted by molar-refractivity contribution is 9.10. The molecule has 2 heterocycles. The Labute approximate surface area is 172 Å². The molecule has 6 heteroatoms. The van der Waals surface area contributed by atoms with Gasteiger partial charge < -0.3 is 4.90 Å². The third kappa shape index (κ3) is 3.65. The number of hydrogen-bond acceptors (Lipinski definition) is 2. The Balaban J connectivity index is 1.47. The summed E-state index contributed by atoms with van der Waals surface area (Å²) >= 11 is 9.38. The van der Waals surface area contributed by atoms with Gasteiger partial charge in [-0.1, -0.05) is 39.7 Å². The fourth-order valence-corrected chi connectivity index (χ4v) is 4.77. The van der Waals surface area contributed by atoms with Crippen LogP contribution in [0.4, 0.5) is 10.1 Å². The number of fused-ring (bicyclic) bond motifs is 1. The summed E-state index contributed by atoms with van der Waals surface area (Å²) in [6.45, 7) is 3.70. The number of amides is 1. The van der Waals surface area contributed by atoms with E-state index >= 15 is 0 Å². The molecule has 1 unspecified atom stereocenters. The molecular weight excluding hydrogens is 431 g/mol. The minimum Gasteiger partial charge on any atom is -0.309 e. The zero-order chi connectivity index (χ0) is 19.1. The number of carbonyl (C=O) groups is 1. The number of likely N-dealkylation sites (tertiary alicyclic amines) is 1. The molecule has 1 saturated heterocycles. The molecule has 2 aliphatic rings. The van der Waals surface area contributed by atoms with Crippen molar-refractivity contribution >= 4 is 39.1 Å². The molecule has 4 rings (SSSR count). The van der Waals surface area contributed by atoms with Crippen LogP contribution in [-0.2, 0) is 11.2 Å². The highest BCUT2D eigenvalue weighted by Gasteiger charge is 2.36. The molecule has 1 amide bonds. The summed E-state index contributed by atoms with van der Waals surface area (Å²) in [5.41, 5.74) is 2.80. The highest BCUT2D eigenvalue weighted by atomic mass is 79.9. The second kappa shape index (κ2) is 7.53. The lowest BCUT2D eigenvalue weighted by atomic mass is 9.98. The Morgan fingerprint density at radius 2 is 1.93 bits per heavy atom. The van der Waals surface area contributed by atoms with Gasteiger partial charge in [0, 0.05) is 45.9 Å². The van der Waals surface area contributed by atoms with Gasteiger partial charge in [-0.25, -0.2) is 4.39 Å². The van der Waals surface area contributed by atoms with Crippen LogP contribution in [0, 0.1) is 5.82 Å². The molecule has 0 aliphatic carbocycles. The molecule has 142 valence electrons. The van der Waals surface area contributed by atoms with Crippen LogP contribution < -0.4 is 4.90 Å². The molecule has 0 N–H and O–H groups in total. The normalized spacial score (nSPS) is 19.4.